The quantitative estimate of drug-likeness (QED) is 0.691. The van der Waals surface area contributed by atoms with Crippen molar-refractivity contribution in [1.29, 1.82) is 0 Å². The molecule has 0 saturated heterocycles. The zero-order valence-corrected chi connectivity index (χ0v) is 13.0. The van der Waals surface area contributed by atoms with Gasteiger partial charge < -0.3 is 5.11 Å². The molecule has 1 N–H and O–H groups in total. The molecule has 0 saturated carbocycles. The molecule has 2 aromatic rings. The minimum atomic E-state index is -0.326. The van der Waals surface area contributed by atoms with E-state index in [2.05, 4.69) is 22.0 Å². The third-order valence-corrected chi connectivity index (χ3v) is 5.30. The molecule has 7 heteroatoms. The number of aliphatic hydroxyl groups excluding tert-OH is 1. The molecule has 0 radical (unpaired) electrons. The molecular formula is C13H11FN2OS3. The highest BCUT2D eigenvalue weighted by molar-refractivity contribution is 8.02. The molecule has 20 heavy (non-hydrogen) atoms. The van der Waals surface area contributed by atoms with Gasteiger partial charge in [0.2, 0.25) is 0 Å². The molecule has 0 unspecified atom stereocenters. The highest BCUT2D eigenvalue weighted by Gasteiger charge is 2.05. The lowest BCUT2D eigenvalue weighted by Crippen LogP contribution is -1.87. The van der Waals surface area contributed by atoms with Gasteiger partial charge in [-0.25, -0.2) is 4.39 Å². The molecule has 0 bridgehead atoms. The molecule has 3 nitrogen and oxygen atoms in total. The van der Waals surface area contributed by atoms with Crippen LogP contribution in [0.25, 0.3) is 0 Å². The van der Waals surface area contributed by atoms with Crippen molar-refractivity contribution in [3.8, 4) is 11.8 Å². The van der Waals surface area contributed by atoms with Crippen LogP contribution in [-0.4, -0.2) is 28.2 Å². The van der Waals surface area contributed by atoms with Crippen molar-refractivity contribution in [1.82, 2.24) is 10.2 Å². The Morgan fingerprint density at radius 3 is 2.80 bits per heavy atom. The van der Waals surface area contributed by atoms with Crippen LogP contribution in [0.2, 0.25) is 0 Å². The third-order valence-electron chi connectivity index (χ3n) is 2.19. The first-order valence-electron chi connectivity index (χ1n) is 5.61. The maximum absolute atomic E-state index is 13.5. The lowest BCUT2D eigenvalue weighted by Gasteiger charge is -2.01. The van der Waals surface area contributed by atoms with Crippen LogP contribution in [0, 0.1) is 17.7 Å². The van der Waals surface area contributed by atoms with E-state index in [4.69, 9.17) is 5.11 Å². The van der Waals surface area contributed by atoms with E-state index in [-0.39, 0.29) is 12.4 Å². The molecule has 2 rings (SSSR count). The Labute approximate surface area is 129 Å². The second kappa shape index (κ2) is 7.64. The van der Waals surface area contributed by atoms with Crippen molar-refractivity contribution in [2.75, 3.05) is 12.9 Å². The van der Waals surface area contributed by atoms with Gasteiger partial charge in [0.05, 0.1) is 0 Å². The number of hydrogen-bond acceptors (Lipinski definition) is 6. The molecule has 0 fully saturated rings. The molecule has 1 heterocycles. The summed E-state index contributed by atoms with van der Waals surface area (Å²) in [5, 5.41) is 16.7. The fraction of sp³-hybridized carbons (Fsp3) is 0.231. The van der Waals surface area contributed by atoms with Gasteiger partial charge in [0.25, 0.3) is 0 Å². The molecule has 0 amide bonds. The predicted octanol–water partition coefficient (Wildman–Crippen LogP) is 3.04. The van der Waals surface area contributed by atoms with Gasteiger partial charge in [-0.1, -0.05) is 46.7 Å². The van der Waals surface area contributed by atoms with Gasteiger partial charge in [-0.05, 0) is 30.0 Å². The van der Waals surface area contributed by atoms with Crippen molar-refractivity contribution >= 4 is 34.9 Å². The lowest BCUT2D eigenvalue weighted by atomic mass is 10.1. The number of aliphatic hydroxyl groups is 1. The summed E-state index contributed by atoms with van der Waals surface area (Å²) in [7, 11) is 0. The second-order valence-corrected chi connectivity index (χ2v) is 6.89. The van der Waals surface area contributed by atoms with Gasteiger partial charge in [0.1, 0.15) is 12.4 Å². The summed E-state index contributed by atoms with van der Waals surface area (Å²) < 4.78 is 15.3. The largest absolute Gasteiger partial charge is 0.384 e. The highest BCUT2D eigenvalue weighted by Crippen LogP contribution is 2.29. The third kappa shape index (κ3) is 4.49. The molecule has 0 spiro atoms. The number of aromatic nitrogens is 2. The van der Waals surface area contributed by atoms with E-state index in [0.717, 1.165) is 14.2 Å². The first-order valence-corrected chi connectivity index (χ1v) is 8.63. The summed E-state index contributed by atoms with van der Waals surface area (Å²) in [5.41, 5.74) is 1.40. The Kier molecular flexibility index (Phi) is 5.86. The molecule has 0 atom stereocenters. The summed E-state index contributed by atoms with van der Waals surface area (Å²) in [5.74, 6) is 5.50. The summed E-state index contributed by atoms with van der Waals surface area (Å²) in [6, 6.07) is 4.65. The molecule has 0 aliphatic carbocycles. The molecule has 104 valence electrons. The van der Waals surface area contributed by atoms with Gasteiger partial charge in [0, 0.05) is 11.3 Å². The fourth-order valence-electron chi connectivity index (χ4n) is 1.43. The topological polar surface area (TPSA) is 46.0 Å². The van der Waals surface area contributed by atoms with Crippen molar-refractivity contribution in [3.05, 3.63) is 35.1 Å². The van der Waals surface area contributed by atoms with Crippen LogP contribution in [0.3, 0.4) is 0 Å². The maximum atomic E-state index is 13.5. The average Bonchev–Trinajstić information content (AvgIpc) is 2.90. The minimum absolute atomic E-state index is 0.233. The molecule has 1 aromatic heterocycles. The number of nitrogens with zero attached hydrogens (tertiary/aromatic N) is 2. The highest BCUT2D eigenvalue weighted by atomic mass is 32.2. The molecule has 1 aromatic carbocycles. The van der Waals surface area contributed by atoms with Gasteiger partial charge >= 0.3 is 0 Å². The van der Waals surface area contributed by atoms with Crippen LogP contribution in [0.1, 0.15) is 11.1 Å². The maximum Gasteiger partial charge on any atom is 0.175 e. The Morgan fingerprint density at radius 1 is 1.30 bits per heavy atom. The summed E-state index contributed by atoms with van der Waals surface area (Å²) in [6.07, 6.45) is 1.95. The van der Waals surface area contributed by atoms with Crippen molar-refractivity contribution in [3.63, 3.8) is 0 Å². The van der Waals surface area contributed by atoms with Crippen LogP contribution in [-0.2, 0) is 5.75 Å². The van der Waals surface area contributed by atoms with E-state index in [1.54, 1.807) is 11.8 Å². The first-order chi connectivity index (χ1) is 9.71. The molecular weight excluding hydrogens is 315 g/mol. The number of thioether (sulfide) groups is 2. The van der Waals surface area contributed by atoms with Crippen molar-refractivity contribution in [2.24, 2.45) is 0 Å². The summed E-state index contributed by atoms with van der Waals surface area (Å²) in [4.78, 5) is 0. The zero-order chi connectivity index (χ0) is 14.4. The Balaban J connectivity index is 2.07. The Morgan fingerprint density at radius 2 is 2.10 bits per heavy atom. The van der Waals surface area contributed by atoms with E-state index >= 15 is 0 Å². The van der Waals surface area contributed by atoms with E-state index in [1.807, 2.05) is 12.3 Å². The van der Waals surface area contributed by atoms with Crippen molar-refractivity contribution in [2.45, 2.75) is 14.4 Å². The SMILES string of the molecule is CSc1nnc(SCc2cc(F)cc(C#CCO)c2)s1. The minimum Gasteiger partial charge on any atom is -0.384 e. The van der Waals surface area contributed by atoms with E-state index in [0.29, 0.717) is 11.3 Å². The Bertz CT molecular complexity index is 649. The van der Waals surface area contributed by atoms with Gasteiger partial charge in [-0.2, -0.15) is 0 Å². The number of hydrogen-bond donors (Lipinski definition) is 1. The smallest absolute Gasteiger partial charge is 0.175 e. The molecule has 0 aliphatic heterocycles. The predicted molar refractivity (Wildman–Crippen MR) is 81.6 cm³/mol. The lowest BCUT2D eigenvalue weighted by molar-refractivity contribution is 0.350. The van der Waals surface area contributed by atoms with E-state index < -0.39 is 0 Å². The Hall–Kier alpha value is -1.07. The monoisotopic (exact) mass is 326 g/mol. The normalized spacial score (nSPS) is 10.2. The van der Waals surface area contributed by atoms with Crippen LogP contribution in [0.5, 0.6) is 0 Å². The van der Waals surface area contributed by atoms with Gasteiger partial charge in [0.15, 0.2) is 8.68 Å². The molecule has 0 aliphatic rings. The second-order valence-electron chi connectivity index (χ2n) is 3.63. The number of rotatable bonds is 4. The van der Waals surface area contributed by atoms with Crippen LogP contribution in [0.15, 0.2) is 26.9 Å². The fourth-order valence-corrected chi connectivity index (χ4v) is 3.80. The van der Waals surface area contributed by atoms with Crippen LogP contribution < -0.4 is 0 Å². The zero-order valence-electron chi connectivity index (χ0n) is 10.6. The van der Waals surface area contributed by atoms with Crippen molar-refractivity contribution < 1.29 is 9.50 Å². The standard InChI is InChI=1S/C13H11FN2OS3/c1-18-12-15-16-13(20-12)19-8-10-5-9(3-2-4-17)6-11(14)7-10/h5-7,17H,4,8H2,1H3. The average molecular weight is 326 g/mol. The first kappa shape index (κ1) is 15.3. The number of benzene rings is 1. The number of halogens is 1. The van der Waals surface area contributed by atoms with Crippen LogP contribution in [0.4, 0.5) is 4.39 Å². The van der Waals surface area contributed by atoms with Gasteiger partial charge in [-0.3, -0.25) is 0 Å². The van der Waals surface area contributed by atoms with E-state index in [1.165, 1.54) is 35.2 Å². The van der Waals surface area contributed by atoms with Crippen LogP contribution >= 0.6 is 34.9 Å². The summed E-state index contributed by atoms with van der Waals surface area (Å²) >= 11 is 4.60. The van der Waals surface area contributed by atoms with E-state index in [9.17, 15) is 4.39 Å². The summed E-state index contributed by atoms with van der Waals surface area (Å²) in [6.45, 7) is -0.233. The van der Waals surface area contributed by atoms with Gasteiger partial charge in [-0.15, -0.1) is 10.2 Å².